The molecule has 0 saturated carbocycles. The van der Waals surface area contributed by atoms with E-state index in [1.807, 2.05) is 0 Å². The number of rotatable bonds is 2. The molecule has 0 nitrogen and oxygen atoms in total. The Hall–Kier alpha value is 0.917. The van der Waals surface area contributed by atoms with Gasteiger partial charge in [0.15, 0.2) is 0 Å². The van der Waals surface area contributed by atoms with Gasteiger partial charge in [-0.2, -0.15) is 0 Å². The number of hydrogen-bond donors (Lipinski definition) is 0. The Morgan fingerprint density at radius 3 is 1.29 bits per heavy atom. The molecular formula is C18H24S4Sn2. The quantitative estimate of drug-likeness (QED) is 0.216. The van der Waals surface area contributed by atoms with Crippen molar-refractivity contribution in [2.24, 2.45) is 0 Å². The van der Waals surface area contributed by atoms with E-state index >= 15 is 0 Å². The molecule has 128 valence electrons. The fraction of sp³-hybridized carbons (Fsp3) is 0.333. The minimum absolute atomic E-state index is 1.41. The summed E-state index contributed by atoms with van der Waals surface area (Å²) in [7, 11) is 0. The van der Waals surface area contributed by atoms with Crippen LogP contribution in [0.4, 0.5) is 0 Å². The summed E-state index contributed by atoms with van der Waals surface area (Å²) >= 11 is 4.13. The Balaban J connectivity index is 0.000000175. The molecule has 0 aliphatic carbocycles. The molecule has 4 rings (SSSR count). The first-order chi connectivity index (χ1) is 11.1. The van der Waals surface area contributed by atoms with Gasteiger partial charge >= 0.3 is 116 Å². The Labute approximate surface area is 169 Å². The van der Waals surface area contributed by atoms with Gasteiger partial charge in [0, 0.05) is 9.40 Å². The van der Waals surface area contributed by atoms with E-state index in [2.05, 4.69) is 87.3 Å². The molecule has 0 aliphatic heterocycles. The summed E-state index contributed by atoms with van der Waals surface area (Å²) in [5, 5.41) is 4.25. The Morgan fingerprint density at radius 1 is 0.583 bits per heavy atom. The molecule has 6 heteroatoms. The second kappa shape index (κ2) is 7.50. The summed E-state index contributed by atoms with van der Waals surface area (Å²) in [6.45, 7) is 0. The average Bonchev–Trinajstić information content (AvgIpc) is 3.16. The van der Waals surface area contributed by atoms with Crippen LogP contribution in [0.25, 0.3) is 18.8 Å². The zero-order valence-corrected chi connectivity index (χ0v) is 24.1. The number of hydrogen-bond acceptors (Lipinski definition) is 4. The molecule has 0 saturated heterocycles. The largest absolute Gasteiger partial charge is 0.143 e. The second-order valence-electron chi connectivity index (χ2n) is 8.02. The summed E-state index contributed by atoms with van der Waals surface area (Å²) < 4.78 is 9.41. The first-order valence-corrected chi connectivity index (χ1v) is 31.5. The van der Waals surface area contributed by atoms with Crippen molar-refractivity contribution in [1.29, 1.82) is 0 Å². The first kappa shape index (κ1) is 19.7. The smallest absolute Gasteiger partial charge is 0.0450 e. The Kier molecular flexibility index (Phi) is 6.15. The summed E-state index contributed by atoms with van der Waals surface area (Å²) in [6, 6.07) is 9.32. The van der Waals surface area contributed by atoms with Crippen molar-refractivity contribution in [2.45, 2.75) is 29.6 Å². The van der Waals surface area contributed by atoms with Gasteiger partial charge in [0.1, 0.15) is 0 Å². The molecule has 4 heterocycles. The molecule has 0 N–H and O–H groups in total. The van der Waals surface area contributed by atoms with Crippen molar-refractivity contribution in [3.63, 3.8) is 0 Å². The molecule has 0 aromatic carbocycles. The van der Waals surface area contributed by atoms with Crippen molar-refractivity contribution < 1.29 is 0 Å². The Morgan fingerprint density at radius 2 is 0.958 bits per heavy atom. The van der Waals surface area contributed by atoms with Gasteiger partial charge in [-0.1, -0.05) is 0 Å². The van der Waals surface area contributed by atoms with Crippen molar-refractivity contribution in [3.8, 4) is 0 Å². The number of thiophene rings is 4. The van der Waals surface area contributed by atoms with Crippen LogP contribution in [0, 0.1) is 0 Å². The van der Waals surface area contributed by atoms with E-state index in [1.165, 1.54) is 9.40 Å². The minimum Gasteiger partial charge on any atom is -0.143 e. The molecule has 4 aromatic rings. The van der Waals surface area contributed by atoms with Crippen LogP contribution >= 0.6 is 45.3 Å². The molecule has 0 radical (unpaired) electrons. The van der Waals surface area contributed by atoms with Crippen LogP contribution in [0.1, 0.15) is 0 Å². The standard InChI is InChI=1S/C6H4S2.C6H2S2.6CH3.2Sn/c2*1-3-7-6-2-4-8-5(1)6;;;;;;;;/h1-4H;1-2H;6*1H3;;. The maximum absolute atomic E-state index is 2.51. The Bertz CT molecular complexity index is 815. The van der Waals surface area contributed by atoms with Crippen LogP contribution < -0.4 is 5.79 Å². The predicted octanol–water partition coefficient (Wildman–Crippen LogP) is 7.02. The first-order valence-electron chi connectivity index (χ1n) is 8.09. The fourth-order valence-electron chi connectivity index (χ4n) is 2.27. The van der Waals surface area contributed by atoms with Crippen molar-refractivity contribution in [2.75, 3.05) is 0 Å². The van der Waals surface area contributed by atoms with Gasteiger partial charge in [-0.3, -0.25) is 0 Å². The summed E-state index contributed by atoms with van der Waals surface area (Å²) in [4.78, 5) is 15.0. The van der Waals surface area contributed by atoms with Gasteiger partial charge in [0.2, 0.25) is 0 Å². The molecule has 4 aromatic heterocycles. The normalized spacial score (nSPS) is 12.6. The van der Waals surface area contributed by atoms with E-state index < -0.39 is 36.8 Å². The topological polar surface area (TPSA) is 0 Å². The molecule has 0 atom stereocenters. The van der Waals surface area contributed by atoms with Gasteiger partial charge < -0.3 is 0 Å². The minimum atomic E-state index is -1.82. The van der Waals surface area contributed by atoms with Gasteiger partial charge in [0.05, 0.1) is 0 Å². The molecule has 0 bridgehead atoms. The van der Waals surface area contributed by atoms with Gasteiger partial charge in [-0.05, 0) is 22.9 Å². The van der Waals surface area contributed by atoms with Crippen LogP contribution in [-0.4, -0.2) is 36.8 Å². The zero-order valence-electron chi connectivity index (χ0n) is 15.1. The maximum atomic E-state index is 2.51. The van der Waals surface area contributed by atoms with Gasteiger partial charge in [0.25, 0.3) is 0 Å². The van der Waals surface area contributed by atoms with Crippen LogP contribution in [-0.2, 0) is 0 Å². The third-order valence-corrected chi connectivity index (χ3v) is 26.8. The third kappa shape index (κ3) is 4.60. The molecule has 0 fully saturated rings. The predicted molar refractivity (Wildman–Crippen MR) is 125 cm³/mol. The number of fused-ring (bicyclic) bond motifs is 2. The van der Waals surface area contributed by atoms with Gasteiger partial charge in [-0.15, -0.1) is 22.7 Å². The van der Waals surface area contributed by atoms with E-state index in [0.29, 0.717) is 0 Å². The SMILES string of the molecule is [CH3][Sn]([CH3])([CH3])[c]1cc2s[c]([Sn]([CH3])([CH3])[CH3])cc2s1.c1cc2sccc2s1. The molecule has 24 heavy (non-hydrogen) atoms. The van der Waals surface area contributed by atoms with E-state index in [4.69, 9.17) is 0 Å². The van der Waals surface area contributed by atoms with Crippen molar-refractivity contribution >= 4 is 107 Å². The van der Waals surface area contributed by atoms with E-state index in [0.717, 1.165) is 0 Å². The molecule has 0 unspecified atom stereocenters. The van der Waals surface area contributed by atoms with E-state index in [9.17, 15) is 0 Å². The van der Waals surface area contributed by atoms with Crippen LogP contribution in [0.15, 0.2) is 35.0 Å². The van der Waals surface area contributed by atoms with Crippen LogP contribution in [0.5, 0.6) is 0 Å². The van der Waals surface area contributed by atoms with E-state index in [-0.39, 0.29) is 0 Å². The van der Waals surface area contributed by atoms with Gasteiger partial charge in [-0.25, -0.2) is 0 Å². The molecule has 0 spiro atoms. The van der Waals surface area contributed by atoms with Crippen molar-refractivity contribution in [1.82, 2.24) is 0 Å². The third-order valence-electron chi connectivity index (χ3n) is 3.76. The average molecular weight is 606 g/mol. The second-order valence-corrected chi connectivity index (χ2v) is 42.9. The molecular weight excluding hydrogens is 582 g/mol. The maximum Gasteiger partial charge on any atom is 0.0450 e. The summed E-state index contributed by atoms with van der Waals surface area (Å²) in [5.41, 5.74) is 0. The summed E-state index contributed by atoms with van der Waals surface area (Å²) in [5.74, 6) is 0. The van der Waals surface area contributed by atoms with Crippen LogP contribution in [0.2, 0.25) is 29.6 Å². The monoisotopic (exact) mass is 608 g/mol. The van der Waals surface area contributed by atoms with E-state index in [1.54, 1.807) is 37.9 Å². The van der Waals surface area contributed by atoms with Crippen molar-refractivity contribution in [3.05, 3.63) is 35.0 Å². The van der Waals surface area contributed by atoms with Crippen LogP contribution in [0.3, 0.4) is 0 Å². The molecule has 0 aliphatic rings. The zero-order chi connectivity index (χ0) is 17.5. The fourth-order valence-corrected chi connectivity index (χ4v) is 17.6. The summed E-state index contributed by atoms with van der Waals surface area (Å²) in [6.07, 6.45) is 0. The molecule has 0 amide bonds.